The van der Waals surface area contributed by atoms with Crippen LogP contribution in [0.4, 0.5) is 0 Å². The second kappa shape index (κ2) is 10.0. The minimum absolute atomic E-state index is 0.0476. The van der Waals surface area contributed by atoms with Gasteiger partial charge in [0.25, 0.3) is 0 Å². The zero-order valence-electron chi connectivity index (χ0n) is 19.4. The number of aliphatic hydroxyl groups is 1. The van der Waals surface area contributed by atoms with E-state index in [1.165, 1.54) is 30.3 Å². The van der Waals surface area contributed by atoms with E-state index in [9.17, 15) is 24.9 Å². The van der Waals surface area contributed by atoms with Crippen molar-refractivity contribution in [2.45, 2.75) is 18.6 Å². The highest BCUT2D eigenvalue weighted by molar-refractivity contribution is 5.92. The number of aliphatic hydroxyl groups excluding tert-OH is 1. The van der Waals surface area contributed by atoms with Crippen molar-refractivity contribution in [2.75, 3.05) is 0 Å². The Balaban J connectivity index is 1.51. The zero-order valence-corrected chi connectivity index (χ0v) is 19.4. The highest BCUT2D eigenvalue weighted by Gasteiger charge is 2.34. The fourth-order valence-corrected chi connectivity index (χ4v) is 4.06. The fourth-order valence-electron chi connectivity index (χ4n) is 4.06. The molecule has 0 amide bonds. The van der Waals surface area contributed by atoms with E-state index < -0.39 is 24.1 Å². The maximum atomic E-state index is 12.8. The van der Waals surface area contributed by atoms with E-state index in [0.29, 0.717) is 22.3 Å². The van der Waals surface area contributed by atoms with E-state index in [1.807, 2.05) is 0 Å². The number of rotatable bonds is 5. The van der Waals surface area contributed by atoms with E-state index in [2.05, 4.69) is 0 Å². The van der Waals surface area contributed by atoms with Crippen LogP contribution in [0.15, 0.2) is 91.0 Å². The molecule has 0 fully saturated rings. The monoisotopic (exact) mass is 498 g/mol. The van der Waals surface area contributed by atoms with Gasteiger partial charge >= 0.3 is 11.9 Å². The summed E-state index contributed by atoms with van der Waals surface area (Å²) >= 11 is 0. The quantitative estimate of drug-likeness (QED) is 0.208. The van der Waals surface area contributed by atoms with Gasteiger partial charge in [-0.3, -0.25) is 0 Å². The summed E-state index contributed by atoms with van der Waals surface area (Å²) in [6.07, 6.45) is -1.92. The molecule has 0 spiro atoms. The standard InChI is InChI=1S/C29H22O8/c30-22-12-11-19(13-23(22)31)27-24(32)16-21-25(36-27)14-20(35-28(33)17-7-3-1-4-8-17)15-26(21)37-29(34)18-9-5-2-6-10-18/h1-15,24,27,30-32H,16H2. The van der Waals surface area contributed by atoms with Crippen molar-refractivity contribution in [1.29, 1.82) is 0 Å². The summed E-state index contributed by atoms with van der Waals surface area (Å²) in [6, 6.07) is 23.8. The summed E-state index contributed by atoms with van der Waals surface area (Å²) in [5, 5.41) is 30.4. The number of hydrogen-bond donors (Lipinski definition) is 3. The molecule has 0 saturated heterocycles. The maximum absolute atomic E-state index is 12.8. The molecule has 5 rings (SSSR count). The molecule has 1 aliphatic rings. The molecule has 37 heavy (non-hydrogen) atoms. The lowest BCUT2D eigenvalue weighted by Gasteiger charge is -2.32. The van der Waals surface area contributed by atoms with Gasteiger partial charge in [0.05, 0.1) is 17.2 Å². The minimum atomic E-state index is -1.07. The van der Waals surface area contributed by atoms with E-state index in [-0.39, 0.29) is 35.2 Å². The second-order valence-corrected chi connectivity index (χ2v) is 8.47. The van der Waals surface area contributed by atoms with Crippen LogP contribution in [0, 0.1) is 0 Å². The zero-order chi connectivity index (χ0) is 25.9. The van der Waals surface area contributed by atoms with Crippen molar-refractivity contribution in [3.63, 3.8) is 0 Å². The summed E-state index contributed by atoms with van der Waals surface area (Å²) in [7, 11) is 0. The SMILES string of the molecule is O=C(Oc1cc(OC(=O)c2ccccc2)c2c(c1)OC(c1ccc(O)c(O)c1)C(O)C2)c1ccccc1. The van der Waals surface area contributed by atoms with Gasteiger partial charge in [0.2, 0.25) is 0 Å². The molecule has 0 aliphatic carbocycles. The van der Waals surface area contributed by atoms with E-state index >= 15 is 0 Å². The molecular formula is C29H22O8. The van der Waals surface area contributed by atoms with Crippen molar-refractivity contribution < 1.29 is 39.1 Å². The molecule has 0 saturated carbocycles. The van der Waals surface area contributed by atoms with Crippen molar-refractivity contribution in [3.05, 3.63) is 113 Å². The van der Waals surface area contributed by atoms with Gasteiger partial charge in [-0.2, -0.15) is 0 Å². The first-order chi connectivity index (χ1) is 17.9. The maximum Gasteiger partial charge on any atom is 0.343 e. The van der Waals surface area contributed by atoms with Gasteiger partial charge in [-0.05, 0) is 42.0 Å². The molecule has 186 valence electrons. The highest BCUT2D eigenvalue weighted by Crippen LogP contribution is 2.44. The van der Waals surface area contributed by atoms with Crippen LogP contribution >= 0.6 is 0 Å². The minimum Gasteiger partial charge on any atom is -0.504 e. The van der Waals surface area contributed by atoms with E-state index in [4.69, 9.17) is 14.2 Å². The van der Waals surface area contributed by atoms with Crippen LogP contribution in [-0.2, 0) is 6.42 Å². The third kappa shape index (κ3) is 5.10. The molecule has 0 radical (unpaired) electrons. The predicted molar refractivity (Wildman–Crippen MR) is 132 cm³/mol. The lowest BCUT2D eigenvalue weighted by molar-refractivity contribution is 0.0193. The Labute approximate surface area is 211 Å². The van der Waals surface area contributed by atoms with E-state index in [0.717, 1.165) is 0 Å². The molecule has 8 nitrogen and oxygen atoms in total. The highest BCUT2D eigenvalue weighted by atomic mass is 16.6. The Kier molecular flexibility index (Phi) is 6.49. The first kappa shape index (κ1) is 23.9. The normalized spacial score (nSPS) is 16.2. The fraction of sp³-hybridized carbons (Fsp3) is 0.103. The molecule has 4 aromatic carbocycles. The summed E-state index contributed by atoms with van der Waals surface area (Å²) < 4.78 is 17.3. The van der Waals surface area contributed by atoms with Crippen LogP contribution in [0.3, 0.4) is 0 Å². The van der Waals surface area contributed by atoms with Crippen molar-refractivity contribution in [1.82, 2.24) is 0 Å². The lowest BCUT2D eigenvalue weighted by Crippen LogP contribution is -2.31. The van der Waals surface area contributed by atoms with Gasteiger partial charge < -0.3 is 29.5 Å². The van der Waals surface area contributed by atoms with E-state index in [1.54, 1.807) is 60.7 Å². The molecule has 0 aromatic heterocycles. The Morgan fingerprint density at radius 3 is 2.00 bits per heavy atom. The number of aromatic hydroxyl groups is 2. The number of ether oxygens (including phenoxy) is 3. The number of hydrogen-bond acceptors (Lipinski definition) is 8. The molecule has 8 heteroatoms. The third-order valence-corrected chi connectivity index (χ3v) is 5.92. The summed E-state index contributed by atoms with van der Waals surface area (Å²) in [4.78, 5) is 25.5. The molecule has 0 bridgehead atoms. The lowest BCUT2D eigenvalue weighted by atomic mass is 9.93. The molecule has 1 aliphatic heterocycles. The molecular weight excluding hydrogens is 476 g/mol. The average molecular weight is 498 g/mol. The summed E-state index contributed by atoms with van der Waals surface area (Å²) in [5.41, 5.74) is 1.48. The Hall–Kier alpha value is -4.82. The van der Waals surface area contributed by atoms with Gasteiger partial charge in [0, 0.05) is 24.1 Å². The summed E-state index contributed by atoms with van der Waals surface area (Å²) in [6.45, 7) is 0. The van der Waals surface area contributed by atoms with Gasteiger partial charge in [0.15, 0.2) is 11.5 Å². The Bertz CT molecular complexity index is 1450. The smallest absolute Gasteiger partial charge is 0.343 e. The topological polar surface area (TPSA) is 123 Å². The molecule has 2 atom stereocenters. The van der Waals surface area contributed by atoms with Crippen LogP contribution in [0.1, 0.15) is 37.9 Å². The molecule has 3 N–H and O–H groups in total. The van der Waals surface area contributed by atoms with Crippen molar-refractivity contribution >= 4 is 11.9 Å². The van der Waals surface area contributed by atoms with Crippen LogP contribution in [0.5, 0.6) is 28.7 Å². The Morgan fingerprint density at radius 1 is 0.757 bits per heavy atom. The van der Waals surface area contributed by atoms with Crippen LogP contribution in [0.25, 0.3) is 0 Å². The predicted octanol–water partition coefficient (Wildman–Crippen LogP) is 4.57. The van der Waals surface area contributed by atoms with Gasteiger partial charge in [-0.15, -0.1) is 0 Å². The molecule has 2 unspecified atom stereocenters. The second-order valence-electron chi connectivity index (χ2n) is 8.47. The Morgan fingerprint density at radius 2 is 1.38 bits per heavy atom. The summed E-state index contributed by atoms with van der Waals surface area (Å²) in [5.74, 6) is -1.52. The molecule has 4 aromatic rings. The molecule has 1 heterocycles. The van der Waals surface area contributed by atoms with Gasteiger partial charge in [-0.1, -0.05) is 42.5 Å². The number of esters is 2. The number of phenolic OH excluding ortho intramolecular Hbond substituents is 2. The number of carbonyl (C=O) groups is 2. The van der Waals surface area contributed by atoms with Crippen LogP contribution in [-0.4, -0.2) is 33.4 Å². The number of fused-ring (bicyclic) bond motifs is 1. The van der Waals surface area contributed by atoms with Crippen LogP contribution in [0.2, 0.25) is 0 Å². The first-order valence-corrected chi connectivity index (χ1v) is 11.5. The third-order valence-electron chi connectivity index (χ3n) is 5.92. The average Bonchev–Trinajstić information content (AvgIpc) is 2.91. The largest absolute Gasteiger partial charge is 0.504 e. The van der Waals surface area contributed by atoms with Gasteiger partial charge in [-0.25, -0.2) is 9.59 Å². The van der Waals surface area contributed by atoms with Crippen molar-refractivity contribution in [2.24, 2.45) is 0 Å². The number of carbonyl (C=O) groups excluding carboxylic acids is 2. The number of benzene rings is 4. The van der Waals surface area contributed by atoms with Gasteiger partial charge in [0.1, 0.15) is 23.4 Å². The first-order valence-electron chi connectivity index (χ1n) is 11.5. The van der Waals surface area contributed by atoms with Crippen LogP contribution < -0.4 is 14.2 Å². The van der Waals surface area contributed by atoms with Crippen molar-refractivity contribution in [3.8, 4) is 28.7 Å². The number of phenols is 2.